The molecule has 5 heteroatoms. The molecule has 0 aromatic heterocycles. The van der Waals surface area contributed by atoms with E-state index < -0.39 is 11.8 Å². The minimum absolute atomic E-state index is 0.0280. The largest absolute Gasteiger partial charge is 0.344 e. The lowest BCUT2D eigenvalue weighted by Gasteiger charge is -2.28. The first-order valence-corrected chi connectivity index (χ1v) is 3.61. The quantitative estimate of drug-likeness (QED) is 0.393. The van der Waals surface area contributed by atoms with Gasteiger partial charge in [-0.3, -0.25) is 14.9 Å². The molecule has 2 rings (SSSR count). The average molecular weight is 155 g/mol. The van der Waals surface area contributed by atoms with Crippen molar-refractivity contribution in [3.05, 3.63) is 0 Å². The van der Waals surface area contributed by atoms with Crippen LogP contribution >= 0.6 is 0 Å². The minimum atomic E-state index is -0.482. The molecule has 0 aliphatic carbocycles. The number of amides is 2. The summed E-state index contributed by atoms with van der Waals surface area (Å²) in [7, 11) is 0. The number of hydrogen-bond acceptors (Lipinski definition) is 3. The molecule has 5 nitrogen and oxygen atoms in total. The van der Waals surface area contributed by atoms with Crippen LogP contribution in [0, 0.1) is 0 Å². The van der Waals surface area contributed by atoms with E-state index in [1.165, 1.54) is 0 Å². The Morgan fingerprint density at radius 2 is 2.27 bits per heavy atom. The first-order chi connectivity index (χ1) is 5.29. The zero-order valence-corrected chi connectivity index (χ0v) is 5.96. The molecule has 2 fully saturated rings. The zero-order chi connectivity index (χ0) is 7.84. The second-order valence-corrected chi connectivity index (χ2v) is 2.68. The molecular formula is C6H9N3O2. The highest BCUT2D eigenvalue weighted by Gasteiger charge is 2.36. The second kappa shape index (κ2) is 2.20. The molecule has 0 bridgehead atoms. The number of fused-ring (bicyclic) bond motifs is 1. The number of nitrogens with one attached hydrogen (secondary N) is 2. The lowest BCUT2D eigenvalue weighted by molar-refractivity contribution is -0.149. The van der Waals surface area contributed by atoms with Crippen LogP contribution in [0.5, 0.6) is 0 Å². The maximum Gasteiger partial charge on any atom is 0.313 e. The molecule has 1 unspecified atom stereocenters. The Hall–Kier alpha value is -1.10. The molecular weight excluding hydrogens is 146 g/mol. The summed E-state index contributed by atoms with van der Waals surface area (Å²) >= 11 is 0. The highest BCUT2D eigenvalue weighted by molar-refractivity contribution is 6.35. The van der Waals surface area contributed by atoms with E-state index in [0.717, 1.165) is 6.54 Å². The molecule has 1 atom stereocenters. The molecule has 0 spiro atoms. The van der Waals surface area contributed by atoms with E-state index >= 15 is 0 Å². The number of rotatable bonds is 0. The predicted molar refractivity (Wildman–Crippen MR) is 36.5 cm³/mol. The molecule has 2 saturated heterocycles. The Balaban J connectivity index is 2.18. The maximum absolute atomic E-state index is 11.1. The second-order valence-electron chi connectivity index (χ2n) is 2.68. The number of piperazine rings is 1. The van der Waals surface area contributed by atoms with Gasteiger partial charge in [-0.05, 0) is 0 Å². The standard InChI is InChI=1S/C6H9N3O2/c10-5-6(11)9-2-1-7-4(9)3-8-5/h4,7H,1-3H2,(H,8,10). The van der Waals surface area contributed by atoms with Gasteiger partial charge in [-0.2, -0.15) is 0 Å². The van der Waals surface area contributed by atoms with Gasteiger partial charge in [0.2, 0.25) is 0 Å². The minimum Gasteiger partial charge on any atom is -0.344 e. The molecule has 0 aromatic rings. The Bertz CT molecular complexity index is 216. The normalized spacial score (nSPS) is 30.2. The Morgan fingerprint density at radius 3 is 3.09 bits per heavy atom. The number of hydrogen-bond donors (Lipinski definition) is 2. The Morgan fingerprint density at radius 1 is 1.45 bits per heavy atom. The van der Waals surface area contributed by atoms with Gasteiger partial charge in [0.05, 0.1) is 6.54 Å². The number of nitrogens with zero attached hydrogens (tertiary/aromatic N) is 1. The van der Waals surface area contributed by atoms with Gasteiger partial charge in [-0.15, -0.1) is 0 Å². The summed E-state index contributed by atoms with van der Waals surface area (Å²) in [4.78, 5) is 23.5. The molecule has 2 N–H and O–H groups in total. The highest BCUT2D eigenvalue weighted by Crippen LogP contribution is 2.06. The van der Waals surface area contributed by atoms with Gasteiger partial charge < -0.3 is 10.2 Å². The molecule has 2 amide bonds. The lowest BCUT2D eigenvalue weighted by atomic mass is 10.3. The van der Waals surface area contributed by atoms with Crippen LogP contribution < -0.4 is 10.6 Å². The van der Waals surface area contributed by atoms with Crippen molar-refractivity contribution in [2.75, 3.05) is 19.6 Å². The summed E-state index contributed by atoms with van der Waals surface area (Å²) < 4.78 is 0. The third kappa shape index (κ3) is 0.883. The summed E-state index contributed by atoms with van der Waals surface area (Å²) in [6.07, 6.45) is 0.0280. The summed E-state index contributed by atoms with van der Waals surface area (Å²) in [5.41, 5.74) is 0. The fourth-order valence-electron chi connectivity index (χ4n) is 1.44. The van der Waals surface area contributed by atoms with Gasteiger partial charge in [-0.25, -0.2) is 0 Å². The molecule has 0 saturated carbocycles. The van der Waals surface area contributed by atoms with Crippen LogP contribution in [0.3, 0.4) is 0 Å². The van der Waals surface area contributed by atoms with Gasteiger partial charge in [0.15, 0.2) is 0 Å². The van der Waals surface area contributed by atoms with Crippen molar-refractivity contribution in [3.63, 3.8) is 0 Å². The van der Waals surface area contributed by atoms with E-state index in [-0.39, 0.29) is 6.17 Å². The molecule has 11 heavy (non-hydrogen) atoms. The van der Waals surface area contributed by atoms with Crippen LogP contribution in [0.1, 0.15) is 0 Å². The van der Waals surface area contributed by atoms with Crippen LogP contribution in [0.25, 0.3) is 0 Å². The van der Waals surface area contributed by atoms with E-state index in [1.807, 2.05) is 0 Å². The molecule has 2 heterocycles. The number of carbonyl (C=O) groups excluding carboxylic acids is 2. The van der Waals surface area contributed by atoms with Gasteiger partial charge in [0, 0.05) is 13.1 Å². The van der Waals surface area contributed by atoms with Crippen LogP contribution in [0.4, 0.5) is 0 Å². The van der Waals surface area contributed by atoms with Gasteiger partial charge in [0.25, 0.3) is 0 Å². The average Bonchev–Trinajstić information content (AvgIpc) is 2.45. The van der Waals surface area contributed by atoms with Crippen molar-refractivity contribution >= 4 is 11.8 Å². The predicted octanol–water partition coefficient (Wildman–Crippen LogP) is -2.13. The van der Waals surface area contributed by atoms with E-state index in [2.05, 4.69) is 10.6 Å². The monoisotopic (exact) mass is 155 g/mol. The third-order valence-electron chi connectivity index (χ3n) is 2.02. The van der Waals surface area contributed by atoms with Crippen molar-refractivity contribution < 1.29 is 9.59 Å². The lowest BCUT2D eigenvalue weighted by Crippen LogP contribution is -2.58. The first kappa shape index (κ1) is 6.60. The van der Waals surface area contributed by atoms with E-state index in [0.29, 0.717) is 13.1 Å². The maximum atomic E-state index is 11.1. The Kier molecular flexibility index (Phi) is 1.32. The van der Waals surface area contributed by atoms with Crippen LogP contribution in [-0.2, 0) is 9.59 Å². The van der Waals surface area contributed by atoms with Crippen LogP contribution in [0.2, 0.25) is 0 Å². The van der Waals surface area contributed by atoms with Gasteiger partial charge in [-0.1, -0.05) is 0 Å². The van der Waals surface area contributed by atoms with Crippen molar-refractivity contribution in [1.29, 1.82) is 0 Å². The van der Waals surface area contributed by atoms with Crippen LogP contribution in [-0.4, -0.2) is 42.5 Å². The molecule has 0 radical (unpaired) electrons. The first-order valence-electron chi connectivity index (χ1n) is 3.61. The summed E-state index contributed by atoms with van der Waals surface area (Å²) in [6.45, 7) is 1.97. The molecule has 60 valence electrons. The fraction of sp³-hybridized carbons (Fsp3) is 0.667. The summed E-state index contributed by atoms with van der Waals surface area (Å²) in [5.74, 6) is -0.892. The topological polar surface area (TPSA) is 61.4 Å². The summed E-state index contributed by atoms with van der Waals surface area (Å²) in [5, 5.41) is 5.61. The van der Waals surface area contributed by atoms with Gasteiger partial charge in [0.1, 0.15) is 6.17 Å². The zero-order valence-electron chi connectivity index (χ0n) is 5.96. The molecule has 2 aliphatic heterocycles. The van der Waals surface area contributed by atoms with E-state index in [4.69, 9.17) is 0 Å². The fourth-order valence-corrected chi connectivity index (χ4v) is 1.44. The van der Waals surface area contributed by atoms with Crippen molar-refractivity contribution in [2.24, 2.45) is 0 Å². The summed E-state index contributed by atoms with van der Waals surface area (Å²) in [6, 6.07) is 0. The highest BCUT2D eigenvalue weighted by atomic mass is 16.2. The van der Waals surface area contributed by atoms with E-state index in [1.54, 1.807) is 4.90 Å². The van der Waals surface area contributed by atoms with Crippen molar-refractivity contribution in [1.82, 2.24) is 15.5 Å². The van der Waals surface area contributed by atoms with Crippen molar-refractivity contribution in [2.45, 2.75) is 6.17 Å². The SMILES string of the molecule is O=C1NCC2NCCN2C1=O. The Labute approximate surface area is 63.7 Å². The van der Waals surface area contributed by atoms with Crippen molar-refractivity contribution in [3.8, 4) is 0 Å². The van der Waals surface area contributed by atoms with Crippen LogP contribution in [0.15, 0.2) is 0 Å². The molecule has 0 aromatic carbocycles. The molecule has 2 aliphatic rings. The third-order valence-corrected chi connectivity index (χ3v) is 2.02. The number of carbonyl (C=O) groups is 2. The van der Waals surface area contributed by atoms with E-state index in [9.17, 15) is 9.59 Å². The smallest absolute Gasteiger partial charge is 0.313 e. The van der Waals surface area contributed by atoms with Gasteiger partial charge >= 0.3 is 11.8 Å².